The summed E-state index contributed by atoms with van der Waals surface area (Å²) >= 11 is 0. The number of hydrogen-bond donors (Lipinski definition) is 1. The zero-order valence-electron chi connectivity index (χ0n) is 12.4. The highest BCUT2D eigenvalue weighted by Crippen LogP contribution is 2.35. The van der Waals surface area contributed by atoms with Crippen LogP contribution in [0.2, 0.25) is 0 Å². The lowest BCUT2D eigenvalue weighted by Gasteiger charge is -2.36. The third kappa shape index (κ3) is 6.52. The summed E-state index contributed by atoms with van der Waals surface area (Å²) in [6.07, 6.45) is 6.76. The van der Waals surface area contributed by atoms with Gasteiger partial charge in [-0.2, -0.15) is 0 Å². The Morgan fingerprint density at radius 3 is 2.06 bits per heavy atom. The fourth-order valence-corrected chi connectivity index (χ4v) is 2.55. The SMILES string of the molecule is CCCCC(CC)(CNC(C)C)CC(C)C. The molecule has 0 aliphatic heterocycles. The van der Waals surface area contributed by atoms with Crippen LogP contribution in [-0.4, -0.2) is 12.6 Å². The van der Waals surface area contributed by atoms with Gasteiger partial charge in [0.2, 0.25) is 0 Å². The van der Waals surface area contributed by atoms with Gasteiger partial charge in [-0.15, -0.1) is 0 Å². The number of nitrogens with one attached hydrogen (secondary N) is 1. The third-order valence-corrected chi connectivity index (χ3v) is 3.54. The van der Waals surface area contributed by atoms with Crippen molar-refractivity contribution in [3.8, 4) is 0 Å². The monoisotopic (exact) mass is 227 g/mol. The first-order chi connectivity index (χ1) is 7.45. The summed E-state index contributed by atoms with van der Waals surface area (Å²) in [4.78, 5) is 0. The molecule has 16 heavy (non-hydrogen) atoms. The molecule has 0 saturated carbocycles. The molecule has 0 aliphatic carbocycles. The van der Waals surface area contributed by atoms with Crippen LogP contribution in [0.1, 0.15) is 73.6 Å². The topological polar surface area (TPSA) is 12.0 Å². The van der Waals surface area contributed by atoms with Crippen molar-refractivity contribution in [1.29, 1.82) is 0 Å². The fourth-order valence-electron chi connectivity index (χ4n) is 2.55. The quantitative estimate of drug-likeness (QED) is 0.606. The lowest BCUT2D eigenvalue weighted by atomic mass is 9.74. The third-order valence-electron chi connectivity index (χ3n) is 3.54. The van der Waals surface area contributed by atoms with Gasteiger partial charge in [0, 0.05) is 12.6 Å². The molecular formula is C15H33N. The zero-order valence-corrected chi connectivity index (χ0v) is 12.4. The van der Waals surface area contributed by atoms with E-state index < -0.39 is 0 Å². The van der Waals surface area contributed by atoms with E-state index >= 15 is 0 Å². The fraction of sp³-hybridized carbons (Fsp3) is 1.00. The van der Waals surface area contributed by atoms with Crippen LogP contribution in [0.5, 0.6) is 0 Å². The molecule has 0 rings (SSSR count). The first-order valence-electron chi connectivity index (χ1n) is 7.19. The van der Waals surface area contributed by atoms with Crippen molar-refractivity contribution in [3.05, 3.63) is 0 Å². The van der Waals surface area contributed by atoms with Crippen molar-refractivity contribution in [2.75, 3.05) is 6.54 Å². The molecule has 1 heteroatoms. The van der Waals surface area contributed by atoms with Crippen LogP contribution in [0.4, 0.5) is 0 Å². The van der Waals surface area contributed by atoms with Gasteiger partial charge in [0.1, 0.15) is 0 Å². The molecule has 0 aromatic rings. The van der Waals surface area contributed by atoms with Crippen molar-refractivity contribution >= 4 is 0 Å². The molecule has 1 N–H and O–H groups in total. The molecule has 0 spiro atoms. The predicted molar refractivity (Wildman–Crippen MR) is 74.8 cm³/mol. The summed E-state index contributed by atoms with van der Waals surface area (Å²) in [5, 5.41) is 3.65. The maximum Gasteiger partial charge on any atom is 0.00106 e. The summed E-state index contributed by atoms with van der Waals surface area (Å²) in [6, 6.07) is 0.611. The Labute approximate surface area is 103 Å². The molecule has 1 unspecified atom stereocenters. The number of hydrogen-bond acceptors (Lipinski definition) is 1. The van der Waals surface area contributed by atoms with Gasteiger partial charge in [0.05, 0.1) is 0 Å². The minimum absolute atomic E-state index is 0.536. The van der Waals surface area contributed by atoms with Crippen LogP contribution in [0, 0.1) is 11.3 Å². The molecule has 0 saturated heterocycles. The molecule has 1 atom stereocenters. The van der Waals surface area contributed by atoms with E-state index in [0.29, 0.717) is 11.5 Å². The van der Waals surface area contributed by atoms with Crippen LogP contribution in [-0.2, 0) is 0 Å². The lowest BCUT2D eigenvalue weighted by Crippen LogP contribution is -2.38. The Bertz CT molecular complexity index is 163. The second-order valence-electron chi connectivity index (χ2n) is 6.09. The summed E-state index contributed by atoms with van der Waals surface area (Å²) in [5.41, 5.74) is 0.536. The second kappa shape index (κ2) is 8.11. The molecule has 0 amide bonds. The maximum atomic E-state index is 3.65. The van der Waals surface area contributed by atoms with Gasteiger partial charge < -0.3 is 5.32 Å². The first-order valence-corrected chi connectivity index (χ1v) is 7.19. The van der Waals surface area contributed by atoms with E-state index in [2.05, 4.69) is 46.9 Å². The van der Waals surface area contributed by atoms with E-state index in [0.717, 1.165) is 5.92 Å². The van der Waals surface area contributed by atoms with Gasteiger partial charge in [0.15, 0.2) is 0 Å². The highest BCUT2D eigenvalue weighted by Gasteiger charge is 2.28. The number of rotatable bonds is 9. The Kier molecular flexibility index (Phi) is 8.09. The van der Waals surface area contributed by atoms with Crippen molar-refractivity contribution in [3.63, 3.8) is 0 Å². The van der Waals surface area contributed by atoms with Crippen molar-refractivity contribution < 1.29 is 0 Å². The van der Waals surface area contributed by atoms with Crippen molar-refractivity contribution in [1.82, 2.24) is 5.32 Å². The van der Waals surface area contributed by atoms with E-state index in [1.165, 1.54) is 38.6 Å². The van der Waals surface area contributed by atoms with Crippen LogP contribution < -0.4 is 5.32 Å². The van der Waals surface area contributed by atoms with Gasteiger partial charge in [-0.1, -0.05) is 54.4 Å². The molecular weight excluding hydrogens is 194 g/mol. The molecule has 98 valence electrons. The van der Waals surface area contributed by atoms with E-state index in [1.54, 1.807) is 0 Å². The van der Waals surface area contributed by atoms with E-state index in [1.807, 2.05) is 0 Å². The van der Waals surface area contributed by atoms with Gasteiger partial charge in [-0.05, 0) is 30.6 Å². The Balaban J connectivity index is 4.39. The highest BCUT2D eigenvalue weighted by atomic mass is 14.9. The zero-order chi connectivity index (χ0) is 12.6. The molecule has 0 aromatic heterocycles. The average Bonchev–Trinajstić information content (AvgIpc) is 2.21. The summed E-state index contributed by atoms with van der Waals surface area (Å²) in [6.45, 7) is 15.0. The van der Waals surface area contributed by atoms with Gasteiger partial charge in [0.25, 0.3) is 0 Å². The van der Waals surface area contributed by atoms with E-state index in [4.69, 9.17) is 0 Å². The Morgan fingerprint density at radius 1 is 1.06 bits per heavy atom. The van der Waals surface area contributed by atoms with Gasteiger partial charge in [-0.25, -0.2) is 0 Å². The summed E-state index contributed by atoms with van der Waals surface area (Å²) < 4.78 is 0. The van der Waals surface area contributed by atoms with Gasteiger partial charge in [-0.3, -0.25) is 0 Å². The maximum absolute atomic E-state index is 3.65. The summed E-state index contributed by atoms with van der Waals surface area (Å²) in [5.74, 6) is 0.811. The predicted octanol–water partition coefficient (Wildman–Crippen LogP) is 4.62. The standard InChI is InChI=1S/C15H33N/c1-7-9-10-15(8-2,11-13(3)4)12-16-14(5)6/h13-14,16H,7-12H2,1-6H3. The smallest absolute Gasteiger partial charge is 0.00106 e. The van der Waals surface area contributed by atoms with Crippen LogP contribution in [0.15, 0.2) is 0 Å². The van der Waals surface area contributed by atoms with E-state index in [9.17, 15) is 0 Å². The van der Waals surface area contributed by atoms with Crippen molar-refractivity contribution in [2.45, 2.75) is 79.7 Å². The molecule has 0 radical (unpaired) electrons. The van der Waals surface area contributed by atoms with Crippen molar-refractivity contribution in [2.24, 2.45) is 11.3 Å². The summed E-state index contributed by atoms with van der Waals surface area (Å²) in [7, 11) is 0. The van der Waals surface area contributed by atoms with E-state index in [-0.39, 0.29) is 0 Å². The second-order valence-corrected chi connectivity index (χ2v) is 6.09. The Hall–Kier alpha value is -0.0400. The highest BCUT2D eigenvalue weighted by molar-refractivity contribution is 4.82. The lowest BCUT2D eigenvalue weighted by molar-refractivity contribution is 0.180. The molecule has 1 nitrogen and oxygen atoms in total. The Morgan fingerprint density at radius 2 is 1.69 bits per heavy atom. The minimum atomic E-state index is 0.536. The van der Waals surface area contributed by atoms with Gasteiger partial charge >= 0.3 is 0 Å². The molecule has 0 fully saturated rings. The van der Waals surface area contributed by atoms with Crippen LogP contribution in [0.3, 0.4) is 0 Å². The molecule has 0 heterocycles. The first kappa shape index (κ1) is 16.0. The number of unbranched alkanes of at least 4 members (excludes halogenated alkanes) is 1. The minimum Gasteiger partial charge on any atom is -0.314 e. The molecule has 0 aromatic carbocycles. The largest absolute Gasteiger partial charge is 0.314 e. The van der Waals surface area contributed by atoms with Crippen LogP contribution >= 0.6 is 0 Å². The normalized spacial score (nSPS) is 15.8. The van der Waals surface area contributed by atoms with Crippen LogP contribution in [0.25, 0.3) is 0 Å². The molecule has 0 aliphatic rings. The average molecular weight is 227 g/mol. The molecule has 0 bridgehead atoms.